The minimum Gasteiger partial charge on any atom is -0.396 e. The van der Waals surface area contributed by atoms with Crippen LogP contribution in [0, 0.1) is 11.8 Å². The van der Waals surface area contributed by atoms with Crippen molar-refractivity contribution in [1.29, 1.82) is 0 Å². The summed E-state index contributed by atoms with van der Waals surface area (Å²) in [6, 6.07) is 11.3. The molecule has 1 saturated heterocycles. The van der Waals surface area contributed by atoms with Gasteiger partial charge in [-0.15, -0.1) is 0 Å². The third-order valence-corrected chi connectivity index (χ3v) is 5.40. The second-order valence-electron chi connectivity index (χ2n) is 7.85. The number of fused-ring (bicyclic) bond motifs is 1. The summed E-state index contributed by atoms with van der Waals surface area (Å²) in [6.07, 6.45) is 8.05. The van der Waals surface area contributed by atoms with Gasteiger partial charge in [0.15, 0.2) is 6.29 Å². The summed E-state index contributed by atoms with van der Waals surface area (Å²) in [5, 5.41) is 9.49. The Morgan fingerprint density at radius 3 is 2.88 bits per heavy atom. The van der Waals surface area contributed by atoms with Gasteiger partial charge in [-0.1, -0.05) is 24.0 Å². The lowest BCUT2D eigenvalue weighted by molar-refractivity contribution is -0.186. The summed E-state index contributed by atoms with van der Waals surface area (Å²) >= 11 is 0. The first-order valence-corrected chi connectivity index (χ1v) is 11.3. The number of aliphatic hydroxyl groups excluding tert-OH is 1. The van der Waals surface area contributed by atoms with Gasteiger partial charge in [-0.05, 0) is 49.9 Å². The predicted octanol–water partition coefficient (Wildman–Crippen LogP) is 4.00. The SMILES string of the molecule is O=C(NOC1CCCCO1)c1cc(-c2ccc(C#CCCCCO)cc2)nc2ccncc12. The van der Waals surface area contributed by atoms with Crippen LogP contribution < -0.4 is 5.48 Å². The third-order valence-electron chi connectivity index (χ3n) is 5.40. The van der Waals surface area contributed by atoms with Crippen LogP contribution in [-0.4, -0.2) is 40.5 Å². The molecule has 2 aromatic heterocycles. The zero-order valence-corrected chi connectivity index (χ0v) is 18.4. The van der Waals surface area contributed by atoms with Gasteiger partial charge in [-0.2, -0.15) is 0 Å². The Morgan fingerprint density at radius 2 is 2.09 bits per heavy atom. The zero-order chi connectivity index (χ0) is 22.9. The second-order valence-corrected chi connectivity index (χ2v) is 7.85. The number of carbonyl (C=O) groups excluding carboxylic acids is 1. The van der Waals surface area contributed by atoms with Gasteiger partial charge >= 0.3 is 0 Å². The lowest BCUT2D eigenvalue weighted by Gasteiger charge is -2.22. The van der Waals surface area contributed by atoms with Gasteiger partial charge < -0.3 is 9.84 Å². The number of unbranched alkanes of at least 4 members (excludes halogenated alkanes) is 2. The number of benzene rings is 1. The topological polar surface area (TPSA) is 93.6 Å². The number of carbonyl (C=O) groups is 1. The highest BCUT2D eigenvalue weighted by atomic mass is 16.8. The molecule has 1 aromatic carbocycles. The standard InChI is InChI=1S/C26H27N3O4/c30-15-5-2-1-3-7-19-9-11-20(12-10-19)24-17-21(22-18-27-14-13-23(22)28-24)26(31)29-33-25-8-4-6-16-32-25/h9-14,17-18,25,30H,1-2,4-6,8,15-16H2,(H,29,31). The van der Waals surface area contributed by atoms with Crippen molar-refractivity contribution in [3.05, 3.63) is 59.9 Å². The molecule has 1 atom stereocenters. The molecule has 170 valence electrons. The molecule has 1 aliphatic rings. The van der Waals surface area contributed by atoms with Crippen LogP contribution in [0.1, 0.15) is 54.4 Å². The molecule has 0 bridgehead atoms. The van der Waals surface area contributed by atoms with E-state index < -0.39 is 6.29 Å². The molecule has 7 heteroatoms. The van der Waals surface area contributed by atoms with Crippen LogP contribution in [0.25, 0.3) is 22.2 Å². The van der Waals surface area contributed by atoms with Crippen LogP contribution in [0.2, 0.25) is 0 Å². The highest BCUT2D eigenvalue weighted by Gasteiger charge is 2.19. The average molecular weight is 446 g/mol. The number of nitrogens with zero attached hydrogens (tertiary/aromatic N) is 2. The monoisotopic (exact) mass is 445 g/mol. The van der Waals surface area contributed by atoms with Crippen molar-refractivity contribution < 1.29 is 19.5 Å². The van der Waals surface area contributed by atoms with Crippen LogP contribution in [0.3, 0.4) is 0 Å². The first-order valence-electron chi connectivity index (χ1n) is 11.3. The zero-order valence-electron chi connectivity index (χ0n) is 18.4. The molecular formula is C26H27N3O4. The number of rotatable bonds is 7. The molecule has 7 nitrogen and oxygen atoms in total. The largest absolute Gasteiger partial charge is 0.396 e. The fourth-order valence-electron chi connectivity index (χ4n) is 3.60. The molecule has 2 N–H and O–H groups in total. The minimum atomic E-state index is -0.425. The number of aromatic nitrogens is 2. The van der Waals surface area contributed by atoms with Gasteiger partial charge in [-0.25, -0.2) is 15.3 Å². The Balaban J connectivity index is 1.54. The molecule has 33 heavy (non-hydrogen) atoms. The average Bonchev–Trinajstić information content (AvgIpc) is 2.87. The maximum absolute atomic E-state index is 13.0. The van der Waals surface area contributed by atoms with E-state index in [9.17, 15) is 4.79 Å². The maximum Gasteiger partial charge on any atom is 0.275 e. The van der Waals surface area contributed by atoms with Crippen molar-refractivity contribution in [3.8, 4) is 23.1 Å². The molecule has 0 radical (unpaired) electrons. The number of aliphatic hydroxyl groups is 1. The number of hydrogen-bond acceptors (Lipinski definition) is 6. The summed E-state index contributed by atoms with van der Waals surface area (Å²) < 4.78 is 5.52. The maximum atomic E-state index is 13.0. The van der Waals surface area contributed by atoms with Crippen LogP contribution in [-0.2, 0) is 9.57 Å². The summed E-state index contributed by atoms with van der Waals surface area (Å²) in [7, 11) is 0. The lowest BCUT2D eigenvalue weighted by Crippen LogP contribution is -2.33. The second kappa shape index (κ2) is 11.5. The van der Waals surface area contributed by atoms with E-state index in [1.54, 1.807) is 24.5 Å². The number of hydrogen-bond donors (Lipinski definition) is 2. The minimum absolute atomic E-state index is 0.200. The van der Waals surface area contributed by atoms with E-state index in [2.05, 4.69) is 22.3 Å². The number of ether oxygens (including phenoxy) is 1. The van der Waals surface area contributed by atoms with Gasteiger partial charge in [0.05, 0.1) is 16.8 Å². The lowest BCUT2D eigenvalue weighted by atomic mass is 10.0. The molecule has 0 spiro atoms. The smallest absolute Gasteiger partial charge is 0.275 e. The van der Waals surface area contributed by atoms with E-state index in [0.717, 1.165) is 49.7 Å². The van der Waals surface area contributed by atoms with Crippen molar-refractivity contribution >= 4 is 16.8 Å². The van der Waals surface area contributed by atoms with Crippen molar-refractivity contribution in [2.45, 2.75) is 44.8 Å². The summed E-state index contributed by atoms with van der Waals surface area (Å²) in [5.41, 5.74) is 6.11. The molecule has 0 saturated carbocycles. The van der Waals surface area contributed by atoms with Gasteiger partial charge in [0.2, 0.25) is 0 Å². The third kappa shape index (κ3) is 6.14. The van der Waals surface area contributed by atoms with E-state index in [1.807, 2.05) is 24.3 Å². The number of pyridine rings is 2. The summed E-state index contributed by atoms with van der Waals surface area (Å²) in [6.45, 7) is 0.835. The van der Waals surface area contributed by atoms with E-state index >= 15 is 0 Å². The Hall–Kier alpha value is -3.31. The first kappa shape index (κ1) is 22.9. The van der Waals surface area contributed by atoms with Crippen molar-refractivity contribution in [1.82, 2.24) is 15.4 Å². The van der Waals surface area contributed by atoms with E-state index in [-0.39, 0.29) is 12.5 Å². The van der Waals surface area contributed by atoms with E-state index in [0.29, 0.717) is 28.8 Å². The van der Waals surface area contributed by atoms with Gasteiger partial charge in [0.25, 0.3) is 5.91 Å². The van der Waals surface area contributed by atoms with Gasteiger partial charge in [0.1, 0.15) is 0 Å². The van der Waals surface area contributed by atoms with Crippen LogP contribution in [0.15, 0.2) is 48.8 Å². The number of amides is 1. The Labute approximate surface area is 193 Å². The molecule has 1 amide bonds. The highest BCUT2D eigenvalue weighted by molar-refractivity contribution is 6.06. The Bertz CT molecular complexity index is 1150. The first-order chi connectivity index (χ1) is 16.2. The quantitative estimate of drug-likeness (QED) is 0.324. The number of hydroxylamine groups is 1. The fraction of sp³-hybridized carbons (Fsp3) is 0.346. The van der Waals surface area contributed by atoms with Crippen LogP contribution in [0.5, 0.6) is 0 Å². The molecule has 4 rings (SSSR count). The van der Waals surface area contributed by atoms with Gasteiger partial charge in [-0.3, -0.25) is 9.78 Å². The molecule has 1 aliphatic heterocycles. The fourth-order valence-corrected chi connectivity index (χ4v) is 3.60. The van der Waals surface area contributed by atoms with Crippen LogP contribution >= 0.6 is 0 Å². The molecule has 0 aliphatic carbocycles. The van der Waals surface area contributed by atoms with Crippen molar-refractivity contribution in [3.63, 3.8) is 0 Å². The predicted molar refractivity (Wildman–Crippen MR) is 125 cm³/mol. The number of nitrogens with one attached hydrogen (secondary N) is 1. The van der Waals surface area contributed by atoms with Gasteiger partial charge in [0, 0.05) is 55.0 Å². The Morgan fingerprint density at radius 1 is 1.21 bits per heavy atom. The molecule has 3 heterocycles. The van der Waals surface area contributed by atoms with E-state index in [1.165, 1.54) is 0 Å². The molecular weight excluding hydrogens is 418 g/mol. The molecule has 1 unspecified atom stereocenters. The Kier molecular flexibility index (Phi) is 7.99. The normalized spacial score (nSPS) is 15.6. The highest BCUT2D eigenvalue weighted by Crippen LogP contribution is 2.25. The molecule has 1 fully saturated rings. The van der Waals surface area contributed by atoms with Crippen LogP contribution in [0.4, 0.5) is 0 Å². The van der Waals surface area contributed by atoms with Crippen molar-refractivity contribution in [2.24, 2.45) is 0 Å². The van der Waals surface area contributed by atoms with Crippen molar-refractivity contribution in [2.75, 3.05) is 13.2 Å². The van der Waals surface area contributed by atoms with E-state index in [4.69, 9.17) is 19.7 Å². The summed E-state index contributed by atoms with van der Waals surface area (Å²) in [5.74, 6) is 5.90. The molecule has 3 aromatic rings. The summed E-state index contributed by atoms with van der Waals surface area (Å²) in [4.78, 5) is 27.3.